The van der Waals surface area contributed by atoms with Crippen molar-refractivity contribution >= 4 is 29.7 Å². The van der Waals surface area contributed by atoms with E-state index in [0.717, 1.165) is 21.8 Å². The van der Waals surface area contributed by atoms with Gasteiger partial charge in [0.15, 0.2) is 0 Å². The second-order valence-electron chi connectivity index (χ2n) is 3.40. The van der Waals surface area contributed by atoms with Crippen LogP contribution in [0.1, 0.15) is 22.9 Å². The van der Waals surface area contributed by atoms with Gasteiger partial charge in [-0.1, -0.05) is 6.92 Å². The lowest BCUT2D eigenvalue weighted by Crippen LogP contribution is -2.00. The van der Waals surface area contributed by atoms with Crippen molar-refractivity contribution in [1.82, 2.24) is 4.98 Å². The summed E-state index contributed by atoms with van der Waals surface area (Å²) in [7, 11) is 0. The first-order chi connectivity index (χ1) is 7.72. The highest BCUT2D eigenvalue weighted by Gasteiger charge is 2.11. The topological polar surface area (TPSA) is 36.7 Å². The molecule has 2 rings (SSSR count). The zero-order valence-corrected chi connectivity index (χ0v) is 10.6. The molecule has 2 aromatic rings. The Labute approximate surface area is 104 Å². The quantitative estimate of drug-likeness (QED) is 0.634. The first-order valence-corrected chi connectivity index (χ1v) is 6.29. The fraction of sp³-hybridized carbons (Fsp3) is 0.167. The predicted octanol–water partition coefficient (Wildman–Crippen LogP) is 3.41. The number of hydrogen-bond donors (Lipinski definition) is 2. The molecule has 0 spiro atoms. The largest absolute Gasteiger partial charge is 0.300 e. The fourth-order valence-electron chi connectivity index (χ4n) is 1.45. The summed E-state index contributed by atoms with van der Waals surface area (Å²) >= 11 is 6.06. The van der Waals surface area contributed by atoms with Gasteiger partial charge in [-0.05, 0) is 24.6 Å². The molecule has 0 aromatic carbocycles. The number of rotatable bonds is 3. The van der Waals surface area contributed by atoms with Crippen LogP contribution < -0.4 is 0 Å². The minimum Gasteiger partial charge on any atom is -0.300 e. The molecule has 0 aliphatic carbocycles. The predicted molar refractivity (Wildman–Crippen MR) is 71.1 cm³/mol. The standard InChI is InChI=1S/C12H12N2S2/c1-2-9-6-10(12(15)16-9)11(13)8-4-3-5-14-7-8/h3-7,13,15H,2H2,1H3. The van der Waals surface area contributed by atoms with Gasteiger partial charge in [-0.15, -0.1) is 24.0 Å². The number of pyridine rings is 1. The monoisotopic (exact) mass is 248 g/mol. The number of nitrogens with zero attached hydrogens (tertiary/aromatic N) is 1. The average molecular weight is 248 g/mol. The minimum absolute atomic E-state index is 0.494. The van der Waals surface area contributed by atoms with E-state index in [1.165, 1.54) is 4.88 Å². The maximum atomic E-state index is 8.12. The highest BCUT2D eigenvalue weighted by molar-refractivity contribution is 7.83. The van der Waals surface area contributed by atoms with E-state index in [2.05, 4.69) is 24.5 Å². The lowest BCUT2D eigenvalue weighted by atomic mass is 10.1. The van der Waals surface area contributed by atoms with E-state index in [1.807, 2.05) is 18.2 Å². The summed E-state index contributed by atoms with van der Waals surface area (Å²) in [6.07, 6.45) is 4.40. The molecular weight excluding hydrogens is 236 g/mol. The number of thiol groups is 1. The second kappa shape index (κ2) is 4.80. The van der Waals surface area contributed by atoms with Crippen LogP contribution in [-0.4, -0.2) is 10.7 Å². The first-order valence-electron chi connectivity index (χ1n) is 5.03. The summed E-state index contributed by atoms with van der Waals surface area (Å²) in [5, 5.41) is 8.12. The molecule has 0 saturated carbocycles. The molecule has 0 bridgehead atoms. The maximum absolute atomic E-state index is 8.12. The molecule has 0 unspecified atom stereocenters. The first kappa shape index (κ1) is 11.4. The summed E-state index contributed by atoms with van der Waals surface area (Å²) in [6, 6.07) is 5.78. The van der Waals surface area contributed by atoms with Crippen LogP contribution in [0.25, 0.3) is 0 Å². The third kappa shape index (κ3) is 2.18. The molecule has 2 nitrogen and oxygen atoms in total. The van der Waals surface area contributed by atoms with Crippen molar-refractivity contribution < 1.29 is 0 Å². The third-order valence-corrected chi connectivity index (χ3v) is 3.93. The molecule has 0 amide bonds. The van der Waals surface area contributed by atoms with Gasteiger partial charge in [0.2, 0.25) is 0 Å². The highest BCUT2D eigenvalue weighted by Crippen LogP contribution is 2.28. The third-order valence-electron chi connectivity index (χ3n) is 2.33. The zero-order chi connectivity index (χ0) is 11.5. The Kier molecular flexibility index (Phi) is 3.41. The average Bonchev–Trinajstić information content (AvgIpc) is 2.71. The molecule has 0 atom stereocenters. The Bertz CT molecular complexity index is 503. The van der Waals surface area contributed by atoms with Crippen molar-refractivity contribution in [3.8, 4) is 0 Å². The van der Waals surface area contributed by atoms with Gasteiger partial charge in [0.25, 0.3) is 0 Å². The van der Waals surface area contributed by atoms with Gasteiger partial charge in [0.1, 0.15) is 0 Å². The van der Waals surface area contributed by atoms with Gasteiger partial charge < -0.3 is 0 Å². The molecule has 4 heteroatoms. The Balaban J connectivity index is 2.38. The molecule has 2 heterocycles. The molecule has 1 N–H and O–H groups in total. The van der Waals surface area contributed by atoms with Crippen LogP contribution in [0, 0.1) is 5.41 Å². The molecule has 0 saturated heterocycles. The zero-order valence-electron chi connectivity index (χ0n) is 8.90. The Morgan fingerprint density at radius 1 is 1.56 bits per heavy atom. The van der Waals surface area contributed by atoms with Gasteiger partial charge >= 0.3 is 0 Å². The van der Waals surface area contributed by atoms with Gasteiger partial charge in [0.05, 0.1) is 9.92 Å². The Morgan fingerprint density at radius 3 is 2.94 bits per heavy atom. The molecule has 0 radical (unpaired) electrons. The fourth-order valence-corrected chi connectivity index (χ4v) is 2.82. The molecule has 2 aromatic heterocycles. The van der Waals surface area contributed by atoms with E-state index < -0.39 is 0 Å². The van der Waals surface area contributed by atoms with Crippen molar-refractivity contribution in [3.63, 3.8) is 0 Å². The minimum atomic E-state index is 0.494. The molecule has 0 aliphatic rings. The molecule has 82 valence electrons. The number of thiophene rings is 1. The van der Waals surface area contributed by atoms with E-state index in [9.17, 15) is 0 Å². The van der Waals surface area contributed by atoms with Crippen LogP contribution in [-0.2, 0) is 6.42 Å². The van der Waals surface area contributed by atoms with E-state index in [4.69, 9.17) is 5.41 Å². The van der Waals surface area contributed by atoms with E-state index in [1.54, 1.807) is 23.7 Å². The number of nitrogens with one attached hydrogen (secondary N) is 1. The van der Waals surface area contributed by atoms with Crippen molar-refractivity contribution in [1.29, 1.82) is 5.41 Å². The smallest absolute Gasteiger partial charge is 0.0719 e. The number of aryl methyl sites for hydroxylation is 1. The van der Waals surface area contributed by atoms with Crippen LogP contribution in [0.5, 0.6) is 0 Å². The van der Waals surface area contributed by atoms with Gasteiger partial charge in [-0.3, -0.25) is 10.4 Å². The Hall–Kier alpha value is -1.13. The summed E-state index contributed by atoms with van der Waals surface area (Å²) in [5.41, 5.74) is 2.23. The van der Waals surface area contributed by atoms with Crippen LogP contribution in [0.2, 0.25) is 0 Å². The molecule has 16 heavy (non-hydrogen) atoms. The SMILES string of the molecule is CCc1cc(C(=N)c2cccnc2)c(S)s1. The lowest BCUT2D eigenvalue weighted by molar-refractivity contribution is 1.18. The van der Waals surface area contributed by atoms with E-state index >= 15 is 0 Å². The summed E-state index contributed by atoms with van der Waals surface area (Å²) < 4.78 is 0.908. The van der Waals surface area contributed by atoms with Crippen LogP contribution in [0.15, 0.2) is 34.8 Å². The van der Waals surface area contributed by atoms with Crippen molar-refractivity contribution in [2.75, 3.05) is 0 Å². The summed E-state index contributed by atoms with van der Waals surface area (Å²) in [5.74, 6) is 0. The Morgan fingerprint density at radius 2 is 2.38 bits per heavy atom. The van der Waals surface area contributed by atoms with Crippen LogP contribution in [0.4, 0.5) is 0 Å². The number of aromatic nitrogens is 1. The number of hydrogen-bond acceptors (Lipinski definition) is 4. The maximum Gasteiger partial charge on any atom is 0.0719 e. The molecule has 0 fully saturated rings. The summed E-state index contributed by atoms with van der Waals surface area (Å²) in [6.45, 7) is 2.11. The van der Waals surface area contributed by atoms with Crippen LogP contribution >= 0.6 is 24.0 Å². The lowest BCUT2D eigenvalue weighted by Gasteiger charge is -2.01. The van der Waals surface area contributed by atoms with E-state index in [0.29, 0.717) is 5.71 Å². The van der Waals surface area contributed by atoms with Crippen molar-refractivity contribution in [3.05, 3.63) is 46.6 Å². The second-order valence-corrected chi connectivity index (χ2v) is 5.29. The van der Waals surface area contributed by atoms with Crippen molar-refractivity contribution in [2.24, 2.45) is 0 Å². The van der Waals surface area contributed by atoms with E-state index in [-0.39, 0.29) is 0 Å². The molecular formula is C12H12N2S2. The van der Waals surface area contributed by atoms with Crippen LogP contribution in [0.3, 0.4) is 0 Å². The van der Waals surface area contributed by atoms with Gasteiger partial charge in [0, 0.05) is 28.4 Å². The molecule has 0 aliphatic heterocycles. The van der Waals surface area contributed by atoms with Gasteiger partial charge in [-0.2, -0.15) is 0 Å². The highest BCUT2D eigenvalue weighted by atomic mass is 32.2. The summed E-state index contributed by atoms with van der Waals surface area (Å²) in [4.78, 5) is 5.28. The van der Waals surface area contributed by atoms with Crippen molar-refractivity contribution in [2.45, 2.75) is 17.6 Å². The normalized spacial score (nSPS) is 10.4. The van der Waals surface area contributed by atoms with Gasteiger partial charge in [-0.25, -0.2) is 0 Å².